The molecule has 0 heterocycles. The normalized spacial score (nSPS) is 10.9. The highest BCUT2D eigenvalue weighted by atomic mass is 17.0. The highest BCUT2D eigenvalue weighted by molar-refractivity contribution is 5.66. The van der Waals surface area contributed by atoms with E-state index in [4.69, 9.17) is 15.6 Å². The lowest BCUT2D eigenvalue weighted by molar-refractivity contribution is -0.176. The van der Waals surface area contributed by atoms with Gasteiger partial charge in [0.25, 0.3) is 0 Å². The van der Waals surface area contributed by atoms with Gasteiger partial charge in [-0.1, -0.05) is 63.3 Å². The summed E-state index contributed by atoms with van der Waals surface area (Å²) in [6.07, 6.45) is 22.3. The molecule has 0 rings (SSSR count). The molecule has 0 aliphatic carbocycles. The number of carboxylic acid groups (broad SMARTS) is 1. The van der Waals surface area contributed by atoms with Crippen molar-refractivity contribution >= 4 is 5.97 Å². The zero-order valence-electron chi connectivity index (χ0n) is 14.0. The third-order valence-electron chi connectivity index (χ3n) is 3.34. The monoisotopic (exact) mass is 314 g/mol. The van der Waals surface area contributed by atoms with Crippen LogP contribution in [0.4, 0.5) is 0 Å². The molecule has 0 aromatic carbocycles. The molecule has 4 nitrogen and oxygen atoms in total. The molecule has 0 fully saturated rings. The Kier molecular flexibility index (Phi) is 23.3. The van der Waals surface area contributed by atoms with Crippen molar-refractivity contribution in [1.29, 1.82) is 0 Å². The van der Waals surface area contributed by atoms with Gasteiger partial charge in [-0.15, -0.1) is 0 Å². The summed E-state index contributed by atoms with van der Waals surface area (Å²) in [7, 11) is 0. The molecule has 3 N–H and O–H groups in total. The maximum Gasteiger partial charge on any atom is 0.303 e. The Labute approximate surface area is 135 Å². The lowest BCUT2D eigenvalue weighted by Gasteiger charge is -1.98. The van der Waals surface area contributed by atoms with E-state index >= 15 is 0 Å². The molecule has 0 aliphatic rings. The van der Waals surface area contributed by atoms with Gasteiger partial charge in [-0.3, -0.25) is 15.3 Å². The van der Waals surface area contributed by atoms with E-state index in [-0.39, 0.29) is 0 Å². The fraction of sp³-hybridized carbons (Fsp3) is 0.722. The summed E-state index contributed by atoms with van der Waals surface area (Å²) in [4.78, 5) is 10.3. The van der Waals surface area contributed by atoms with Gasteiger partial charge in [0, 0.05) is 6.42 Å². The van der Waals surface area contributed by atoms with Gasteiger partial charge in [0.1, 0.15) is 0 Å². The van der Waals surface area contributed by atoms with E-state index in [2.05, 4.69) is 31.2 Å². The number of allylic oxidation sites excluding steroid dienone is 4. The molecule has 4 heteroatoms. The summed E-state index contributed by atoms with van der Waals surface area (Å²) in [5, 5.41) is 20.5. The summed E-state index contributed by atoms with van der Waals surface area (Å²) in [5.41, 5.74) is 0. The largest absolute Gasteiger partial charge is 0.481 e. The number of rotatable bonds is 14. The second-order valence-corrected chi connectivity index (χ2v) is 5.37. The molecule has 0 amide bonds. The minimum atomic E-state index is -0.671. The van der Waals surface area contributed by atoms with Crippen LogP contribution in [-0.4, -0.2) is 21.6 Å². The zero-order chi connectivity index (χ0) is 16.9. The van der Waals surface area contributed by atoms with E-state index in [0.717, 1.165) is 25.7 Å². The standard InChI is InChI=1S/C18H32O2.H2O2/c1-2-3-4-5-6-7-8-9-10-11-12-13-14-15-16-17-18(19)20;1-2/h6-7,9-10H,2-5,8,11-17H2,1H3,(H,19,20);1-2H/b7-6-,10-9-;. The molecule has 0 bridgehead atoms. The van der Waals surface area contributed by atoms with Crippen LogP contribution >= 0.6 is 0 Å². The van der Waals surface area contributed by atoms with Crippen LogP contribution in [0.15, 0.2) is 24.3 Å². The van der Waals surface area contributed by atoms with Gasteiger partial charge in [0.2, 0.25) is 0 Å². The van der Waals surface area contributed by atoms with Crippen molar-refractivity contribution in [1.82, 2.24) is 0 Å². The smallest absolute Gasteiger partial charge is 0.303 e. The SMILES string of the molecule is CCCCC/C=C\C/C=C\CCCCCCCC(=O)O.OO. The second-order valence-electron chi connectivity index (χ2n) is 5.37. The summed E-state index contributed by atoms with van der Waals surface area (Å²) in [5.74, 6) is -0.671. The first-order chi connectivity index (χ1) is 10.8. The van der Waals surface area contributed by atoms with Crippen LogP contribution in [0, 0.1) is 0 Å². The van der Waals surface area contributed by atoms with Crippen LogP contribution in [0.5, 0.6) is 0 Å². The van der Waals surface area contributed by atoms with E-state index in [9.17, 15) is 4.79 Å². The van der Waals surface area contributed by atoms with Gasteiger partial charge in [0.15, 0.2) is 0 Å². The summed E-state index contributed by atoms with van der Waals surface area (Å²) in [6, 6.07) is 0. The molecule has 0 unspecified atom stereocenters. The number of carboxylic acids is 1. The molecular formula is C18H34O4. The van der Waals surface area contributed by atoms with Crippen molar-refractivity contribution in [3.05, 3.63) is 24.3 Å². The van der Waals surface area contributed by atoms with Crippen molar-refractivity contribution in [2.75, 3.05) is 0 Å². The van der Waals surface area contributed by atoms with Crippen LogP contribution in [-0.2, 0) is 4.79 Å². The van der Waals surface area contributed by atoms with Gasteiger partial charge in [-0.05, 0) is 38.5 Å². The topological polar surface area (TPSA) is 77.8 Å². The number of hydrogen-bond donors (Lipinski definition) is 3. The molecule has 0 aliphatic heterocycles. The first kappa shape index (κ1) is 23.1. The van der Waals surface area contributed by atoms with Gasteiger partial charge in [0.05, 0.1) is 0 Å². The molecule has 0 saturated heterocycles. The first-order valence-corrected chi connectivity index (χ1v) is 8.49. The lowest BCUT2D eigenvalue weighted by Crippen LogP contribution is -1.93. The molecule has 0 radical (unpaired) electrons. The summed E-state index contributed by atoms with van der Waals surface area (Å²) < 4.78 is 0. The maximum absolute atomic E-state index is 10.3. The van der Waals surface area contributed by atoms with Crippen LogP contribution in [0.25, 0.3) is 0 Å². The summed E-state index contributed by atoms with van der Waals surface area (Å²) >= 11 is 0. The van der Waals surface area contributed by atoms with E-state index in [1.165, 1.54) is 44.9 Å². The van der Waals surface area contributed by atoms with Crippen LogP contribution < -0.4 is 0 Å². The van der Waals surface area contributed by atoms with E-state index in [0.29, 0.717) is 6.42 Å². The Morgan fingerprint density at radius 2 is 1.27 bits per heavy atom. The Morgan fingerprint density at radius 1 is 0.773 bits per heavy atom. The Hall–Kier alpha value is -1.13. The fourth-order valence-electron chi connectivity index (χ4n) is 2.09. The Morgan fingerprint density at radius 3 is 1.82 bits per heavy atom. The van der Waals surface area contributed by atoms with Gasteiger partial charge < -0.3 is 5.11 Å². The molecule has 0 saturated carbocycles. The van der Waals surface area contributed by atoms with Gasteiger partial charge in [-0.2, -0.15) is 0 Å². The summed E-state index contributed by atoms with van der Waals surface area (Å²) in [6.45, 7) is 2.23. The van der Waals surface area contributed by atoms with Gasteiger partial charge >= 0.3 is 5.97 Å². The van der Waals surface area contributed by atoms with Crippen molar-refractivity contribution in [3.8, 4) is 0 Å². The zero-order valence-corrected chi connectivity index (χ0v) is 14.0. The minimum absolute atomic E-state index is 0.324. The molecule has 22 heavy (non-hydrogen) atoms. The highest BCUT2D eigenvalue weighted by Gasteiger charge is 1.95. The van der Waals surface area contributed by atoms with Crippen molar-refractivity contribution < 1.29 is 20.4 Å². The van der Waals surface area contributed by atoms with Crippen molar-refractivity contribution in [2.24, 2.45) is 0 Å². The van der Waals surface area contributed by atoms with Crippen LogP contribution in [0.3, 0.4) is 0 Å². The van der Waals surface area contributed by atoms with E-state index in [1.54, 1.807) is 0 Å². The first-order valence-electron chi connectivity index (χ1n) is 8.49. The molecular weight excluding hydrogens is 280 g/mol. The average molecular weight is 314 g/mol. The highest BCUT2D eigenvalue weighted by Crippen LogP contribution is 2.08. The number of unbranched alkanes of at least 4 members (excludes halogenated alkanes) is 8. The third kappa shape index (κ3) is 23.9. The molecule has 0 spiro atoms. The van der Waals surface area contributed by atoms with Crippen molar-refractivity contribution in [2.45, 2.75) is 84.0 Å². The third-order valence-corrected chi connectivity index (χ3v) is 3.34. The Bertz CT molecular complexity index is 272. The minimum Gasteiger partial charge on any atom is -0.481 e. The average Bonchev–Trinajstić information content (AvgIpc) is 2.53. The molecule has 0 aromatic rings. The van der Waals surface area contributed by atoms with Crippen LogP contribution in [0.1, 0.15) is 84.0 Å². The Balaban J connectivity index is 0. The number of aliphatic carboxylic acids is 1. The molecule has 0 atom stereocenters. The van der Waals surface area contributed by atoms with Crippen molar-refractivity contribution in [3.63, 3.8) is 0 Å². The lowest BCUT2D eigenvalue weighted by atomic mass is 10.1. The van der Waals surface area contributed by atoms with Crippen LogP contribution in [0.2, 0.25) is 0 Å². The van der Waals surface area contributed by atoms with E-state index in [1.807, 2.05) is 0 Å². The quantitative estimate of drug-likeness (QED) is 0.161. The van der Waals surface area contributed by atoms with Gasteiger partial charge in [-0.25, -0.2) is 0 Å². The predicted octanol–water partition coefficient (Wildman–Crippen LogP) is 5.90. The van der Waals surface area contributed by atoms with E-state index < -0.39 is 5.97 Å². The second kappa shape index (κ2) is 22.2. The number of carbonyl (C=O) groups is 1. The fourth-order valence-corrected chi connectivity index (χ4v) is 2.09. The molecule has 130 valence electrons. The number of hydrogen-bond acceptors (Lipinski definition) is 3. The maximum atomic E-state index is 10.3. The predicted molar refractivity (Wildman–Crippen MR) is 92.3 cm³/mol. The molecule has 0 aromatic heterocycles.